The van der Waals surface area contributed by atoms with E-state index in [1.54, 1.807) is 6.92 Å². The van der Waals surface area contributed by atoms with Crippen LogP contribution in [0.15, 0.2) is 0 Å². The first-order valence-corrected chi connectivity index (χ1v) is 4.78. The average Bonchev–Trinajstić information content (AvgIpc) is 2.04. The van der Waals surface area contributed by atoms with Crippen molar-refractivity contribution < 1.29 is 9.90 Å². The monoisotopic (exact) mass is 186 g/mol. The van der Waals surface area contributed by atoms with E-state index in [9.17, 15) is 4.79 Å². The Hall–Kier alpha value is -0.610. The summed E-state index contributed by atoms with van der Waals surface area (Å²) in [5.41, 5.74) is 0. The molecule has 4 nitrogen and oxygen atoms in total. The van der Waals surface area contributed by atoms with Gasteiger partial charge in [-0.2, -0.15) is 0 Å². The molecule has 0 aromatic rings. The van der Waals surface area contributed by atoms with Gasteiger partial charge in [0.1, 0.15) is 0 Å². The Kier molecular flexibility index (Phi) is 3.69. The highest BCUT2D eigenvalue weighted by atomic mass is 16.4. The van der Waals surface area contributed by atoms with Crippen molar-refractivity contribution in [3.8, 4) is 0 Å². The van der Waals surface area contributed by atoms with Crippen molar-refractivity contribution in [1.82, 2.24) is 10.2 Å². The van der Waals surface area contributed by atoms with E-state index in [4.69, 9.17) is 5.11 Å². The smallest absolute Gasteiger partial charge is 0.307 e. The van der Waals surface area contributed by atoms with Crippen molar-refractivity contribution in [1.29, 1.82) is 0 Å². The molecule has 0 bridgehead atoms. The molecule has 0 aromatic heterocycles. The van der Waals surface area contributed by atoms with E-state index in [1.807, 2.05) is 0 Å². The second-order valence-electron chi connectivity index (χ2n) is 3.85. The molecular weight excluding hydrogens is 168 g/mol. The maximum absolute atomic E-state index is 10.6. The minimum Gasteiger partial charge on any atom is -0.481 e. The lowest BCUT2D eigenvalue weighted by Gasteiger charge is -2.32. The Morgan fingerprint density at radius 1 is 1.77 bits per heavy atom. The van der Waals surface area contributed by atoms with Crippen LogP contribution in [-0.2, 0) is 4.79 Å². The third-order valence-corrected chi connectivity index (χ3v) is 2.41. The standard InChI is InChI=1S/C9H18N2O2/c1-7(9(12)13)5-11-4-3-10-8(2)6-11/h7-8,10H,3-6H2,1-2H3,(H,12,13)/t7?,8-/m0/s1. The maximum atomic E-state index is 10.6. The van der Waals surface area contributed by atoms with Crippen LogP contribution in [0, 0.1) is 5.92 Å². The lowest BCUT2D eigenvalue weighted by atomic mass is 10.1. The highest BCUT2D eigenvalue weighted by Gasteiger charge is 2.20. The van der Waals surface area contributed by atoms with Gasteiger partial charge < -0.3 is 10.4 Å². The van der Waals surface area contributed by atoms with E-state index in [2.05, 4.69) is 17.1 Å². The van der Waals surface area contributed by atoms with Crippen LogP contribution >= 0.6 is 0 Å². The number of rotatable bonds is 3. The molecule has 0 aliphatic carbocycles. The van der Waals surface area contributed by atoms with Gasteiger partial charge in [0.15, 0.2) is 0 Å². The summed E-state index contributed by atoms with van der Waals surface area (Å²) < 4.78 is 0. The number of hydrogen-bond acceptors (Lipinski definition) is 3. The predicted octanol–water partition coefficient (Wildman–Crippen LogP) is 0.000800. The molecule has 0 saturated carbocycles. The van der Waals surface area contributed by atoms with Crippen LogP contribution in [0.4, 0.5) is 0 Å². The summed E-state index contributed by atoms with van der Waals surface area (Å²) in [5.74, 6) is -0.962. The van der Waals surface area contributed by atoms with Crippen LogP contribution in [0.1, 0.15) is 13.8 Å². The first kappa shape index (κ1) is 10.5. The molecular formula is C9H18N2O2. The third kappa shape index (κ3) is 3.32. The summed E-state index contributed by atoms with van der Waals surface area (Å²) in [6.45, 7) is 7.43. The fraction of sp³-hybridized carbons (Fsp3) is 0.889. The van der Waals surface area contributed by atoms with Gasteiger partial charge in [-0.05, 0) is 6.92 Å². The first-order valence-electron chi connectivity index (χ1n) is 4.78. The first-order chi connectivity index (χ1) is 6.09. The van der Waals surface area contributed by atoms with Gasteiger partial charge in [-0.15, -0.1) is 0 Å². The number of piperazine rings is 1. The minimum atomic E-state index is -0.703. The zero-order valence-corrected chi connectivity index (χ0v) is 8.29. The van der Waals surface area contributed by atoms with Crippen LogP contribution < -0.4 is 5.32 Å². The fourth-order valence-electron chi connectivity index (χ4n) is 1.64. The van der Waals surface area contributed by atoms with Gasteiger partial charge in [0.25, 0.3) is 0 Å². The molecule has 76 valence electrons. The van der Waals surface area contributed by atoms with Gasteiger partial charge in [0, 0.05) is 32.2 Å². The topological polar surface area (TPSA) is 52.6 Å². The molecule has 1 fully saturated rings. The van der Waals surface area contributed by atoms with E-state index in [0.29, 0.717) is 12.6 Å². The fourth-order valence-corrected chi connectivity index (χ4v) is 1.64. The van der Waals surface area contributed by atoms with E-state index in [-0.39, 0.29) is 5.92 Å². The van der Waals surface area contributed by atoms with Crippen LogP contribution in [0.25, 0.3) is 0 Å². The average molecular weight is 186 g/mol. The Balaban J connectivity index is 2.31. The van der Waals surface area contributed by atoms with Gasteiger partial charge in [0.05, 0.1) is 5.92 Å². The van der Waals surface area contributed by atoms with E-state index >= 15 is 0 Å². The number of carbonyl (C=O) groups is 1. The molecule has 1 aliphatic heterocycles. The molecule has 13 heavy (non-hydrogen) atoms. The van der Waals surface area contributed by atoms with E-state index in [0.717, 1.165) is 19.6 Å². The molecule has 1 heterocycles. The zero-order chi connectivity index (χ0) is 9.84. The molecule has 1 unspecified atom stereocenters. The molecule has 4 heteroatoms. The Morgan fingerprint density at radius 2 is 2.46 bits per heavy atom. The Bertz CT molecular complexity index is 184. The van der Waals surface area contributed by atoms with E-state index < -0.39 is 5.97 Å². The molecule has 0 spiro atoms. The van der Waals surface area contributed by atoms with Crippen molar-refractivity contribution in [2.24, 2.45) is 5.92 Å². The maximum Gasteiger partial charge on any atom is 0.307 e. The second-order valence-corrected chi connectivity index (χ2v) is 3.85. The van der Waals surface area contributed by atoms with Crippen molar-refractivity contribution in [3.63, 3.8) is 0 Å². The number of hydrogen-bond donors (Lipinski definition) is 2. The summed E-state index contributed by atoms with van der Waals surface area (Å²) >= 11 is 0. The molecule has 2 atom stereocenters. The quantitative estimate of drug-likeness (QED) is 0.651. The molecule has 1 aliphatic rings. The zero-order valence-electron chi connectivity index (χ0n) is 8.29. The Morgan fingerprint density at radius 3 is 3.00 bits per heavy atom. The number of aliphatic carboxylic acids is 1. The second kappa shape index (κ2) is 4.58. The Labute approximate surface area is 78.9 Å². The summed E-state index contributed by atoms with van der Waals surface area (Å²) in [7, 11) is 0. The number of nitrogens with one attached hydrogen (secondary N) is 1. The normalized spacial score (nSPS) is 27.1. The van der Waals surface area contributed by atoms with Gasteiger partial charge in [-0.1, -0.05) is 6.92 Å². The summed E-state index contributed by atoms with van der Waals surface area (Å²) in [4.78, 5) is 12.8. The largest absolute Gasteiger partial charge is 0.481 e. The summed E-state index contributed by atoms with van der Waals surface area (Å²) in [5, 5.41) is 12.1. The van der Waals surface area contributed by atoms with Crippen LogP contribution in [0.2, 0.25) is 0 Å². The molecule has 0 radical (unpaired) electrons. The van der Waals surface area contributed by atoms with Crippen molar-refractivity contribution in [2.45, 2.75) is 19.9 Å². The van der Waals surface area contributed by atoms with Gasteiger partial charge in [-0.3, -0.25) is 9.69 Å². The summed E-state index contributed by atoms with van der Waals surface area (Å²) in [6, 6.07) is 0.481. The van der Waals surface area contributed by atoms with Crippen molar-refractivity contribution in [3.05, 3.63) is 0 Å². The summed E-state index contributed by atoms with van der Waals surface area (Å²) in [6.07, 6.45) is 0. The lowest BCUT2D eigenvalue weighted by molar-refractivity contribution is -0.141. The lowest BCUT2D eigenvalue weighted by Crippen LogP contribution is -2.50. The van der Waals surface area contributed by atoms with Gasteiger partial charge in [0.2, 0.25) is 0 Å². The number of carboxylic acid groups (broad SMARTS) is 1. The van der Waals surface area contributed by atoms with E-state index in [1.165, 1.54) is 0 Å². The minimum absolute atomic E-state index is 0.259. The highest BCUT2D eigenvalue weighted by molar-refractivity contribution is 5.69. The van der Waals surface area contributed by atoms with Crippen LogP contribution in [0.3, 0.4) is 0 Å². The molecule has 1 rings (SSSR count). The molecule has 1 saturated heterocycles. The number of carboxylic acids is 1. The molecule has 0 aromatic carbocycles. The SMILES string of the molecule is CC(CN1CCN[C@@H](C)C1)C(=O)O. The van der Waals surface area contributed by atoms with Crippen LogP contribution in [0.5, 0.6) is 0 Å². The van der Waals surface area contributed by atoms with Crippen molar-refractivity contribution >= 4 is 5.97 Å². The van der Waals surface area contributed by atoms with Crippen molar-refractivity contribution in [2.75, 3.05) is 26.2 Å². The predicted molar refractivity (Wildman–Crippen MR) is 50.7 cm³/mol. The highest BCUT2D eigenvalue weighted by Crippen LogP contribution is 2.03. The molecule has 0 amide bonds. The van der Waals surface area contributed by atoms with Gasteiger partial charge >= 0.3 is 5.97 Å². The number of nitrogens with zero attached hydrogens (tertiary/aromatic N) is 1. The van der Waals surface area contributed by atoms with Gasteiger partial charge in [-0.25, -0.2) is 0 Å². The third-order valence-electron chi connectivity index (χ3n) is 2.41. The van der Waals surface area contributed by atoms with Crippen LogP contribution in [-0.4, -0.2) is 48.2 Å². The molecule has 2 N–H and O–H groups in total.